The summed E-state index contributed by atoms with van der Waals surface area (Å²) in [4.78, 5) is 21.4. The second-order valence-corrected chi connectivity index (χ2v) is 3.26. The van der Waals surface area contributed by atoms with Gasteiger partial charge >= 0.3 is 5.97 Å². The van der Waals surface area contributed by atoms with Crippen molar-refractivity contribution in [3.05, 3.63) is 28.0 Å². The van der Waals surface area contributed by atoms with Gasteiger partial charge in [-0.25, -0.2) is 4.79 Å². The van der Waals surface area contributed by atoms with Crippen LogP contribution in [0.4, 0.5) is 0 Å². The van der Waals surface area contributed by atoms with Gasteiger partial charge in [0.05, 0.1) is 0 Å². The predicted octanol–water partition coefficient (Wildman–Crippen LogP) is 1.81. The van der Waals surface area contributed by atoms with E-state index >= 15 is 0 Å². The highest BCUT2D eigenvalue weighted by atomic mass is 32.1. The molecule has 1 heterocycles. The predicted molar refractivity (Wildman–Crippen MR) is 50.6 cm³/mol. The summed E-state index contributed by atoms with van der Waals surface area (Å²) in [6.07, 6.45) is 1.38. The van der Waals surface area contributed by atoms with Crippen LogP contribution in [0.1, 0.15) is 12.5 Å². The van der Waals surface area contributed by atoms with Crippen molar-refractivity contribution in [3.8, 4) is 0 Å². The third kappa shape index (κ3) is 2.52. The van der Waals surface area contributed by atoms with Crippen LogP contribution in [0.5, 0.6) is 0 Å². The summed E-state index contributed by atoms with van der Waals surface area (Å²) in [5.74, 6) is -1.61. The average Bonchev–Trinajstić information content (AvgIpc) is 2.50. The molecule has 0 unspecified atom stereocenters. The van der Waals surface area contributed by atoms with Crippen molar-refractivity contribution < 1.29 is 14.7 Å². The molecule has 0 bridgehead atoms. The van der Waals surface area contributed by atoms with Crippen molar-refractivity contribution in [2.75, 3.05) is 0 Å². The zero-order valence-electron chi connectivity index (χ0n) is 6.98. The molecule has 1 rings (SSSR count). The number of carbonyl (C=O) groups is 2. The first-order chi connectivity index (χ1) is 6.11. The summed E-state index contributed by atoms with van der Waals surface area (Å²) in [5, 5.41) is 12.3. The SMILES string of the molecule is CC(=O)C(=Cc1ccsc1)C(=O)O. The number of carboxylic acid groups (broad SMARTS) is 1. The molecule has 0 aromatic carbocycles. The van der Waals surface area contributed by atoms with Gasteiger partial charge in [-0.15, -0.1) is 0 Å². The van der Waals surface area contributed by atoms with Crippen LogP contribution in [0.2, 0.25) is 0 Å². The Morgan fingerprint density at radius 2 is 2.23 bits per heavy atom. The van der Waals surface area contributed by atoms with Crippen molar-refractivity contribution in [3.63, 3.8) is 0 Å². The summed E-state index contributed by atoms with van der Waals surface area (Å²) in [6.45, 7) is 1.24. The highest BCUT2D eigenvalue weighted by Gasteiger charge is 2.12. The molecule has 1 aromatic heterocycles. The summed E-state index contributed by atoms with van der Waals surface area (Å²) >= 11 is 1.46. The Morgan fingerprint density at radius 3 is 2.62 bits per heavy atom. The molecule has 0 fully saturated rings. The maximum atomic E-state index is 10.9. The molecule has 1 N–H and O–H groups in total. The van der Waals surface area contributed by atoms with Crippen LogP contribution in [0.3, 0.4) is 0 Å². The summed E-state index contributed by atoms with van der Waals surface area (Å²) in [5.41, 5.74) is 0.566. The van der Waals surface area contributed by atoms with Gasteiger partial charge in [0.2, 0.25) is 0 Å². The van der Waals surface area contributed by atoms with Gasteiger partial charge in [0, 0.05) is 0 Å². The number of carbonyl (C=O) groups excluding carboxylic acids is 1. The van der Waals surface area contributed by atoms with Crippen LogP contribution in [0.25, 0.3) is 6.08 Å². The molecule has 0 amide bonds. The van der Waals surface area contributed by atoms with Gasteiger partial charge in [0.25, 0.3) is 0 Å². The van der Waals surface area contributed by atoms with E-state index in [0.29, 0.717) is 0 Å². The Labute approximate surface area is 79.3 Å². The lowest BCUT2D eigenvalue weighted by atomic mass is 10.1. The molecule has 0 atom stereocenters. The van der Waals surface area contributed by atoms with Gasteiger partial charge in [0.15, 0.2) is 5.78 Å². The minimum Gasteiger partial charge on any atom is -0.478 e. The van der Waals surface area contributed by atoms with Crippen LogP contribution >= 0.6 is 11.3 Å². The smallest absolute Gasteiger partial charge is 0.339 e. The average molecular weight is 196 g/mol. The van der Waals surface area contributed by atoms with Crippen LogP contribution in [0.15, 0.2) is 22.4 Å². The molecule has 0 radical (unpaired) electrons. The first-order valence-corrected chi connectivity index (χ1v) is 4.53. The largest absolute Gasteiger partial charge is 0.478 e. The number of hydrogen-bond donors (Lipinski definition) is 1. The third-order valence-corrected chi connectivity index (χ3v) is 2.17. The first kappa shape index (κ1) is 9.67. The fraction of sp³-hybridized carbons (Fsp3) is 0.111. The van der Waals surface area contributed by atoms with E-state index in [9.17, 15) is 9.59 Å². The summed E-state index contributed by atoms with van der Waals surface area (Å²) < 4.78 is 0. The second-order valence-electron chi connectivity index (χ2n) is 2.48. The molecule has 13 heavy (non-hydrogen) atoms. The zero-order valence-corrected chi connectivity index (χ0v) is 7.80. The van der Waals surface area contributed by atoms with Gasteiger partial charge in [-0.05, 0) is 35.4 Å². The van der Waals surface area contributed by atoms with E-state index in [4.69, 9.17) is 5.11 Å². The van der Waals surface area contributed by atoms with E-state index in [1.165, 1.54) is 24.3 Å². The Bertz CT molecular complexity index is 333. The fourth-order valence-corrected chi connectivity index (χ4v) is 1.46. The van der Waals surface area contributed by atoms with Crippen LogP contribution < -0.4 is 0 Å². The number of carboxylic acids is 1. The quantitative estimate of drug-likeness (QED) is 0.455. The molecular formula is C9H8O3S. The van der Waals surface area contributed by atoms with Gasteiger partial charge in [0.1, 0.15) is 5.57 Å². The van der Waals surface area contributed by atoms with Crippen molar-refractivity contribution in [1.82, 2.24) is 0 Å². The highest BCUT2D eigenvalue weighted by molar-refractivity contribution is 7.08. The van der Waals surface area contributed by atoms with Crippen molar-refractivity contribution in [1.29, 1.82) is 0 Å². The van der Waals surface area contributed by atoms with Crippen LogP contribution in [0, 0.1) is 0 Å². The molecular weight excluding hydrogens is 188 g/mol. The molecule has 1 aromatic rings. The minimum absolute atomic E-state index is 0.182. The number of rotatable bonds is 3. The Hall–Kier alpha value is -1.42. The Morgan fingerprint density at radius 1 is 1.54 bits per heavy atom. The molecule has 3 nitrogen and oxygen atoms in total. The van der Waals surface area contributed by atoms with Gasteiger partial charge < -0.3 is 5.11 Å². The number of thiophene rings is 1. The van der Waals surface area contributed by atoms with Crippen LogP contribution in [-0.4, -0.2) is 16.9 Å². The monoisotopic (exact) mass is 196 g/mol. The maximum absolute atomic E-state index is 10.9. The maximum Gasteiger partial charge on any atom is 0.339 e. The van der Waals surface area contributed by atoms with Crippen molar-refractivity contribution >= 4 is 29.2 Å². The third-order valence-electron chi connectivity index (χ3n) is 1.46. The fourth-order valence-electron chi connectivity index (χ4n) is 0.838. The molecule has 0 spiro atoms. The summed E-state index contributed by atoms with van der Waals surface area (Å²) in [6, 6.07) is 1.76. The minimum atomic E-state index is -1.18. The van der Waals surface area contributed by atoms with Gasteiger partial charge in [-0.2, -0.15) is 11.3 Å². The number of hydrogen-bond acceptors (Lipinski definition) is 3. The van der Waals surface area contributed by atoms with E-state index in [2.05, 4.69) is 0 Å². The zero-order chi connectivity index (χ0) is 9.84. The van der Waals surface area contributed by atoms with E-state index in [0.717, 1.165) is 5.56 Å². The summed E-state index contributed by atoms with van der Waals surface area (Å²) in [7, 11) is 0. The normalized spacial score (nSPS) is 11.3. The first-order valence-electron chi connectivity index (χ1n) is 3.59. The van der Waals surface area contributed by atoms with E-state index < -0.39 is 11.8 Å². The van der Waals surface area contributed by atoms with Gasteiger partial charge in [-0.3, -0.25) is 4.79 Å². The number of aliphatic carboxylic acids is 1. The molecule has 4 heteroatoms. The molecule has 0 aliphatic rings. The molecule has 0 saturated carbocycles. The number of Topliss-reactive ketones (excluding diaryl/α,β-unsaturated/α-hetero) is 1. The van der Waals surface area contributed by atoms with Crippen LogP contribution in [-0.2, 0) is 9.59 Å². The van der Waals surface area contributed by atoms with Crippen molar-refractivity contribution in [2.45, 2.75) is 6.92 Å². The number of ketones is 1. The highest BCUT2D eigenvalue weighted by Crippen LogP contribution is 2.11. The topological polar surface area (TPSA) is 54.4 Å². The lowest BCUT2D eigenvalue weighted by Crippen LogP contribution is -2.08. The molecule has 0 saturated heterocycles. The van der Waals surface area contributed by atoms with E-state index in [1.54, 1.807) is 11.4 Å². The second kappa shape index (κ2) is 4.00. The molecule has 0 aliphatic heterocycles. The molecule has 0 aliphatic carbocycles. The molecule has 68 valence electrons. The van der Waals surface area contributed by atoms with Crippen molar-refractivity contribution in [2.24, 2.45) is 0 Å². The lowest BCUT2D eigenvalue weighted by Gasteiger charge is -1.94. The Kier molecular flexibility index (Phi) is 2.97. The standard InChI is InChI=1S/C9H8O3S/c1-6(10)8(9(11)12)4-7-2-3-13-5-7/h2-5H,1H3,(H,11,12). The van der Waals surface area contributed by atoms with E-state index in [1.807, 2.05) is 5.38 Å². The van der Waals surface area contributed by atoms with E-state index in [-0.39, 0.29) is 5.57 Å². The van der Waals surface area contributed by atoms with Gasteiger partial charge in [-0.1, -0.05) is 0 Å². The lowest BCUT2D eigenvalue weighted by molar-refractivity contribution is -0.134. The Balaban J connectivity index is 3.01.